The third kappa shape index (κ3) is 5.74. The molecule has 0 bridgehead atoms. The van der Waals surface area contributed by atoms with Crippen molar-refractivity contribution < 1.29 is 9.32 Å². The van der Waals surface area contributed by atoms with Gasteiger partial charge in [0.15, 0.2) is 0 Å². The number of aromatic nitrogens is 2. The van der Waals surface area contributed by atoms with Crippen molar-refractivity contribution in [2.75, 3.05) is 39.3 Å². The molecule has 1 aromatic heterocycles. The van der Waals surface area contributed by atoms with Crippen LogP contribution in [0.1, 0.15) is 24.3 Å². The van der Waals surface area contributed by atoms with Crippen molar-refractivity contribution in [3.8, 4) is 11.4 Å². The van der Waals surface area contributed by atoms with E-state index in [0.29, 0.717) is 24.2 Å². The summed E-state index contributed by atoms with van der Waals surface area (Å²) in [5.41, 5.74) is 2.26. The molecule has 2 aliphatic rings. The first-order chi connectivity index (χ1) is 16.6. The van der Waals surface area contributed by atoms with Gasteiger partial charge < -0.3 is 9.42 Å². The van der Waals surface area contributed by atoms with Crippen LogP contribution in [0.15, 0.2) is 63.6 Å². The van der Waals surface area contributed by atoms with Gasteiger partial charge in [-0.3, -0.25) is 14.6 Å². The molecule has 0 saturated carbocycles. The quantitative estimate of drug-likeness (QED) is 0.485. The summed E-state index contributed by atoms with van der Waals surface area (Å²) in [6.07, 6.45) is 1.96. The van der Waals surface area contributed by atoms with Gasteiger partial charge in [0.2, 0.25) is 17.6 Å². The second-order valence-corrected chi connectivity index (χ2v) is 10.1. The molecule has 7 nitrogen and oxygen atoms in total. The van der Waals surface area contributed by atoms with Gasteiger partial charge in [0.05, 0.1) is 12.5 Å². The fraction of sp³-hybridized carbons (Fsp3) is 0.423. The number of hydrogen-bond donors (Lipinski definition) is 0. The molecule has 178 valence electrons. The van der Waals surface area contributed by atoms with E-state index in [1.54, 1.807) is 0 Å². The van der Waals surface area contributed by atoms with Gasteiger partial charge in [-0.2, -0.15) is 4.98 Å². The Labute approximate surface area is 208 Å². The number of hydrogen-bond acceptors (Lipinski definition) is 6. The van der Waals surface area contributed by atoms with Crippen molar-refractivity contribution in [3.63, 3.8) is 0 Å². The lowest BCUT2D eigenvalue weighted by atomic mass is 9.96. The predicted octanol–water partition coefficient (Wildman–Crippen LogP) is 4.06. The van der Waals surface area contributed by atoms with E-state index >= 15 is 0 Å². The van der Waals surface area contributed by atoms with Gasteiger partial charge in [0.1, 0.15) is 0 Å². The predicted molar refractivity (Wildman–Crippen MR) is 134 cm³/mol. The number of nitrogens with zero attached hydrogens (tertiary/aromatic N) is 5. The van der Waals surface area contributed by atoms with Crippen molar-refractivity contribution in [1.82, 2.24) is 24.8 Å². The maximum absolute atomic E-state index is 13.3. The van der Waals surface area contributed by atoms with Gasteiger partial charge in [-0.05, 0) is 49.2 Å². The second-order valence-electron chi connectivity index (χ2n) is 9.18. The Morgan fingerprint density at radius 2 is 1.71 bits per heavy atom. The number of carbonyl (C=O) groups excluding carboxylic acids is 1. The monoisotopic (exact) mass is 523 g/mol. The number of amides is 1. The summed E-state index contributed by atoms with van der Waals surface area (Å²) in [5, 5.41) is 4.14. The molecular formula is C26H30BrN5O2. The first-order valence-electron chi connectivity index (χ1n) is 12.0. The van der Waals surface area contributed by atoms with Crippen LogP contribution in [0.4, 0.5) is 0 Å². The van der Waals surface area contributed by atoms with Gasteiger partial charge in [0, 0.05) is 49.3 Å². The number of benzene rings is 2. The maximum Gasteiger partial charge on any atom is 0.241 e. The van der Waals surface area contributed by atoms with Crippen LogP contribution in [0.5, 0.6) is 0 Å². The molecule has 0 N–H and O–H groups in total. The van der Waals surface area contributed by atoms with Gasteiger partial charge in [-0.25, -0.2) is 0 Å². The molecule has 3 heterocycles. The third-order valence-corrected chi connectivity index (χ3v) is 7.25. The molecule has 3 aromatic rings. The number of likely N-dealkylation sites (tertiary alicyclic amines) is 1. The van der Waals surface area contributed by atoms with Gasteiger partial charge in [-0.1, -0.05) is 51.4 Å². The number of rotatable bonds is 6. The lowest BCUT2D eigenvalue weighted by molar-refractivity contribution is -0.139. The molecule has 2 aromatic carbocycles. The number of carbonyl (C=O) groups is 1. The summed E-state index contributed by atoms with van der Waals surface area (Å²) in [5.74, 6) is 1.54. The average Bonchev–Trinajstić information content (AvgIpc) is 3.34. The minimum atomic E-state index is 0.0447. The molecule has 5 rings (SSSR count). The van der Waals surface area contributed by atoms with Crippen LogP contribution in [0.3, 0.4) is 0 Å². The van der Waals surface area contributed by atoms with E-state index in [1.165, 1.54) is 5.56 Å². The molecule has 1 unspecified atom stereocenters. The summed E-state index contributed by atoms with van der Waals surface area (Å²) >= 11 is 3.45. The largest absolute Gasteiger partial charge is 0.340 e. The Hall–Kier alpha value is -2.55. The number of halogens is 1. The van der Waals surface area contributed by atoms with Crippen LogP contribution in [-0.4, -0.2) is 70.0 Å². The minimum absolute atomic E-state index is 0.0447. The molecular weight excluding hydrogens is 494 g/mol. The fourth-order valence-corrected chi connectivity index (χ4v) is 5.12. The Bertz CT molecular complexity index is 1080. The highest BCUT2D eigenvalue weighted by Crippen LogP contribution is 2.23. The van der Waals surface area contributed by atoms with E-state index in [0.717, 1.165) is 68.7 Å². The van der Waals surface area contributed by atoms with Crippen molar-refractivity contribution in [1.29, 1.82) is 0 Å². The van der Waals surface area contributed by atoms with E-state index in [9.17, 15) is 4.79 Å². The highest BCUT2D eigenvalue weighted by Gasteiger charge is 2.31. The van der Waals surface area contributed by atoms with Crippen molar-refractivity contribution in [2.24, 2.45) is 5.92 Å². The van der Waals surface area contributed by atoms with Crippen molar-refractivity contribution in [3.05, 3.63) is 70.5 Å². The smallest absolute Gasteiger partial charge is 0.241 e. The Morgan fingerprint density at radius 3 is 2.47 bits per heavy atom. The first-order valence-corrected chi connectivity index (χ1v) is 12.8. The summed E-state index contributed by atoms with van der Waals surface area (Å²) in [6, 6.07) is 18.4. The topological polar surface area (TPSA) is 65.7 Å². The summed E-state index contributed by atoms with van der Waals surface area (Å²) < 4.78 is 6.52. The summed E-state index contributed by atoms with van der Waals surface area (Å²) in [4.78, 5) is 24.6. The zero-order chi connectivity index (χ0) is 23.3. The Morgan fingerprint density at radius 1 is 0.941 bits per heavy atom. The average molecular weight is 524 g/mol. The van der Waals surface area contributed by atoms with E-state index in [4.69, 9.17) is 4.52 Å². The molecule has 8 heteroatoms. The van der Waals surface area contributed by atoms with Gasteiger partial charge in [0.25, 0.3) is 0 Å². The van der Waals surface area contributed by atoms with Crippen molar-refractivity contribution >= 4 is 21.8 Å². The first kappa shape index (κ1) is 23.2. The van der Waals surface area contributed by atoms with Crippen LogP contribution in [0.25, 0.3) is 11.4 Å². The van der Waals surface area contributed by atoms with Gasteiger partial charge in [-0.15, -0.1) is 0 Å². The van der Waals surface area contributed by atoms with E-state index in [-0.39, 0.29) is 5.92 Å². The standard InChI is InChI=1S/C26H30BrN5O2/c27-23-10-8-21(9-11-23)25-28-24(34-29-25)19-31-12-4-7-22(18-31)26(33)32-15-13-30(14-16-32)17-20-5-2-1-3-6-20/h1-3,5-6,8-11,22H,4,7,12-19H2. The van der Waals surface area contributed by atoms with Crippen LogP contribution in [0.2, 0.25) is 0 Å². The zero-order valence-corrected chi connectivity index (χ0v) is 20.9. The number of piperidine rings is 1. The number of piperazine rings is 1. The zero-order valence-electron chi connectivity index (χ0n) is 19.3. The normalized spacial score (nSPS) is 19.9. The molecule has 0 aliphatic carbocycles. The second kappa shape index (κ2) is 10.8. The van der Waals surface area contributed by atoms with E-state index in [2.05, 4.69) is 65.0 Å². The lowest BCUT2D eigenvalue weighted by Gasteiger charge is -2.38. The van der Waals surface area contributed by atoms with Gasteiger partial charge >= 0.3 is 0 Å². The van der Waals surface area contributed by atoms with E-state index in [1.807, 2.05) is 30.3 Å². The highest BCUT2D eigenvalue weighted by atomic mass is 79.9. The molecule has 1 atom stereocenters. The van der Waals surface area contributed by atoms with Crippen LogP contribution < -0.4 is 0 Å². The summed E-state index contributed by atoms with van der Waals surface area (Å²) in [7, 11) is 0. The van der Waals surface area contributed by atoms with E-state index < -0.39 is 0 Å². The molecule has 0 spiro atoms. The lowest BCUT2D eigenvalue weighted by Crippen LogP contribution is -2.52. The molecule has 34 heavy (non-hydrogen) atoms. The maximum atomic E-state index is 13.3. The Kier molecular flexibility index (Phi) is 7.37. The van der Waals surface area contributed by atoms with Crippen molar-refractivity contribution in [2.45, 2.75) is 25.9 Å². The Balaban J connectivity index is 1.12. The molecule has 1 amide bonds. The molecule has 2 saturated heterocycles. The van der Waals surface area contributed by atoms with Crippen LogP contribution >= 0.6 is 15.9 Å². The molecule has 2 fully saturated rings. The summed E-state index contributed by atoms with van der Waals surface area (Å²) in [6.45, 7) is 6.70. The van der Waals surface area contributed by atoms with Crippen LogP contribution in [0, 0.1) is 5.92 Å². The SMILES string of the molecule is O=C(C1CCCN(Cc2nc(-c3ccc(Br)cc3)no2)C1)N1CCN(Cc2ccccc2)CC1. The highest BCUT2D eigenvalue weighted by molar-refractivity contribution is 9.10. The molecule has 2 aliphatic heterocycles. The fourth-order valence-electron chi connectivity index (χ4n) is 4.85. The van der Waals surface area contributed by atoms with Crippen LogP contribution in [-0.2, 0) is 17.9 Å². The minimum Gasteiger partial charge on any atom is -0.340 e. The molecule has 0 radical (unpaired) electrons. The third-order valence-electron chi connectivity index (χ3n) is 6.72.